The van der Waals surface area contributed by atoms with E-state index in [2.05, 4.69) is 36.7 Å². The third kappa shape index (κ3) is 5.30. The molecule has 0 unspecified atom stereocenters. The summed E-state index contributed by atoms with van der Waals surface area (Å²) in [5, 5.41) is 13.3. The number of hydrogen-bond acceptors (Lipinski definition) is 5. The fraction of sp³-hybridized carbons (Fsp3) is 0.200. The van der Waals surface area contributed by atoms with Crippen LogP contribution >= 0.6 is 27.7 Å². The molecule has 1 amide bonds. The molecule has 8 heteroatoms. The normalized spacial score (nSPS) is 11.1. The highest BCUT2D eigenvalue weighted by Gasteiger charge is 2.14. The fourth-order valence-electron chi connectivity index (χ4n) is 2.49. The highest BCUT2D eigenvalue weighted by atomic mass is 79.9. The Balaban J connectivity index is 1.58. The van der Waals surface area contributed by atoms with Crippen molar-refractivity contribution in [2.45, 2.75) is 25.5 Å². The molecule has 144 valence electrons. The zero-order valence-corrected chi connectivity index (χ0v) is 18.0. The van der Waals surface area contributed by atoms with E-state index in [0.29, 0.717) is 5.16 Å². The molecule has 3 rings (SSSR count). The van der Waals surface area contributed by atoms with Crippen LogP contribution in [0.25, 0.3) is 11.4 Å². The Hall–Kier alpha value is -2.45. The number of aromatic nitrogens is 3. The Kier molecular flexibility index (Phi) is 7.00. The SMILES string of the molecule is CCn1c(SCC(=O)NN=Cc2ccc(Br)cc2)nnc1-c1ccc(C)cc1. The summed E-state index contributed by atoms with van der Waals surface area (Å²) in [6, 6.07) is 15.8. The van der Waals surface area contributed by atoms with Crippen LogP contribution in [0.2, 0.25) is 0 Å². The van der Waals surface area contributed by atoms with E-state index in [-0.39, 0.29) is 11.7 Å². The number of carbonyl (C=O) groups excluding carboxylic acids is 1. The van der Waals surface area contributed by atoms with Gasteiger partial charge < -0.3 is 4.57 Å². The lowest BCUT2D eigenvalue weighted by Crippen LogP contribution is -2.20. The van der Waals surface area contributed by atoms with Crippen LogP contribution in [0.1, 0.15) is 18.1 Å². The van der Waals surface area contributed by atoms with Crippen molar-refractivity contribution in [3.05, 3.63) is 64.1 Å². The Morgan fingerprint density at radius 1 is 1.18 bits per heavy atom. The van der Waals surface area contributed by atoms with Crippen LogP contribution in [-0.4, -0.2) is 32.6 Å². The van der Waals surface area contributed by atoms with Crippen LogP contribution < -0.4 is 5.43 Å². The van der Waals surface area contributed by atoms with Gasteiger partial charge in [0.25, 0.3) is 5.91 Å². The number of hydrogen-bond donors (Lipinski definition) is 1. The summed E-state index contributed by atoms with van der Waals surface area (Å²) in [7, 11) is 0. The third-order valence-electron chi connectivity index (χ3n) is 3.95. The number of nitrogens with one attached hydrogen (secondary N) is 1. The van der Waals surface area contributed by atoms with Crippen molar-refractivity contribution in [2.75, 3.05) is 5.75 Å². The number of halogens is 1. The van der Waals surface area contributed by atoms with Crippen LogP contribution in [0, 0.1) is 6.92 Å². The first-order chi connectivity index (χ1) is 13.6. The standard InChI is InChI=1S/C20H20BrN5OS/c1-3-26-19(16-8-4-14(2)5-9-16)24-25-20(26)28-13-18(27)23-22-12-15-6-10-17(21)11-7-15/h4-12H,3,13H2,1-2H3,(H,23,27). The molecular formula is C20H20BrN5OS. The first-order valence-electron chi connectivity index (χ1n) is 8.77. The summed E-state index contributed by atoms with van der Waals surface area (Å²) in [5.74, 6) is 0.823. The van der Waals surface area contributed by atoms with E-state index >= 15 is 0 Å². The van der Waals surface area contributed by atoms with Gasteiger partial charge in [-0.2, -0.15) is 5.10 Å². The fourth-order valence-corrected chi connectivity index (χ4v) is 3.55. The monoisotopic (exact) mass is 457 g/mol. The molecule has 28 heavy (non-hydrogen) atoms. The van der Waals surface area contributed by atoms with Gasteiger partial charge in [0.15, 0.2) is 11.0 Å². The zero-order chi connectivity index (χ0) is 19.9. The molecule has 2 aromatic carbocycles. The van der Waals surface area contributed by atoms with Crippen molar-refractivity contribution in [1.82, 2.24) is 20.2 Å². The second-order valence-corrected chi connectivity index (χ2v) is 7.91. The Bertz CT molecular complexity index is 967. The highest BCUT2D eigenvalue weighted by molar-refractivity contribution is 9.10. The van der Waals surface area contributed by atoms with Crippen molar-refractivity contribution in [2.24, 2.45) is 5.10 Å². The van der Waals surface area contributed by atoms with E-state index in [1.165, 1.54) is 17.3 Å². The lowest BCUT2D eigenvalue weighted by Gasteiger charge is -2.07. The minimum absolute atomic E-state index is 0.194. The number of thioether (sulfide) groups is 1. The molecule has 1 N–H and O–H groups in total. The summed E-state index contributed by atoms with van der Waals surface area (Å²) in [6.07, 6.45) is 1.61. The molecule has 0 aliphatic rings. The summed E-state index contributed by atoms with van der Waals surface area (Å²) in [4.78, 5) is 12.1. The topological polar surface area (TPSA) is 72.2 Å². The lowest BCUT2D eigenvalue weighted by molar-refractivity contribution is -0.118. The van der Waals surface area contributed by atoms with Crippen molar-refractivity contribution >= 4 is 39.8 Å². The number of aryl methyl sites for hydroxylation is 1. The predicted octanol–water partition coefficient (Wildman–Crippen LogP) is 4.28. The molecule has 1 heterocycles. The maximum absolute atomic E-state index is 12.1. The Morgan fingerprint density at radius 2 is 1.89 bits per heavy atom. The molecule has 6 nitrogen and oxygen atoms in total. The molecule has 0 radical (unpaired) electrons. The van der Waals surface area contributed by atoms with E-state index in [9.17, 15) is 4.79 Å². The second-order valence-electron chi connectivity index (χ2n) is 6.05. The number of nitrogens with zero attached hydrogens (tertiary/aromatic N) is 4. The molecular weight excluding hydrogens is 438 g/mol. The van der Waals surface area contributed by atoms with Crippen molar-refractivity contribution in [3.8, 4) is 11.4 Å². The van der Waals surface area contributed by atoms with E-state index in [0.717, 1.165) is 28.0 Å². The van der Waals surface area contributed by atoms with Gasteiger partial charge in [-0.05, 0) is 31.5 Å². The second kappa shape index (κ2) is 9.66. The van der Waals surface area contributed by atoms with Crippen LogP contribution in [0.5, 0.6) is 0 Å². The molecule has 1 aromatic heterocycles. The number of amides is 1. The van der Waals surface area contributed by atoms with Crippen molar-refractivity contribution < 1.29 is 4.79 Å². The average Bonchev–Trinajstić information content (AvgIpc) is 3.11. The minimum atomic E-state index is -0.194. The summed E-state index contributed by atoms with van der Waals surface area (Å²) in [6.45, 7) is 4.81. The predicted molar refractivity (Wildman–Crippen MR) is 116 cm³/mol. The molecule has 0 aliphatic heterocycles. The van der Waals surface area contributed by atoms with Gasteiger partial charge in [-0.3, -0.25) is 4.79 Å². The Morgan fingerprint density at radius 3 is 2.57 bits per heavy atom. The first kappa shape index (κ1) is 20.3. The maximum atomic E-state index is 12.1. The molecule has 0 fully saturated rings. The van der Waals surface area contributed by atoms with E-state index < -0.39 is 0 Å². The largest absolute Gasteiger partial charge is 0.302 e. The van der Waals surface area contributed by atoms with Crippen LogP contribution in [-0.2, 0) is 11.3 Å². The quantitative estimate of drug-likeness (QED) is 0.326. The number of benzene rings is 2. The number of carbonyl (C=O) groups is 1. The molecule has 0 aliphatic carbocycles. The average molecular weight is 458 g/mol. The van der Waals surface area contributed by atoms with Gasteiger partial charge in [-0.25, -0.2) is 5.43 Å². The molecule has 3 aromatic rings. The van der Waals surface area contributed by atoms with Gasteiger partial charge in [0.1, 0.15) is 0 Å². The molecule has 0 spiro atoms. The van der Waals surface area contributed by atoms with E-state index in [1.54, 1.807) is 6.21 Å². The Labute approximate surface area is 176 Å². The van der Waals surface area contributed by atoms with E-state index in [1.807, 2.05) is 66.9 Å². The van der Waals surface area contributed by atoms with Crippen molar-refractivity contribution in [1.29, 1.82) is 0 Å². The van der Waals surface area contributed by atoms with Gasteiger partial charge >= 0.3 is 0 Å². The minimum Gasteiger partial charge on any atom is -0.302 e. The zero-order valence-electron chi connectivity index (χ0n) is 15.6. The summed E-state index contributed by atoms with van der Waals surface area (Å²) >= 11 is 4.72. The number of rotatable bonds is 7. The van der Waals surface area contributed by atoms with Gasteiger partial charge in [-0.1, -0.05) is 69.7 Å². The molecule has 0 saturated heterocycles. The van der Waals surface area contributed by atoms with E-state index in [4.69, 9.17) is 0 Å². The molecule has 0 bridgehead atoms. The number of hydrazone groups is 1. The van der Waals surface area contributed by atoms with Gasteiger partial charge in [0.2, 0.25) is 0 Å². The maximum Gasteiger partial charge on any atom is 0.250 e. The van der Waals surface area contributed by atoms with Crippen LogP contribution in [0.4, 0.5) is 0 Å². The van der Waals surface area contributed by atoms with Gasteiger partial charge in [-0.15, -0.1) is 10.2 Å². The highest BCUT2D eigenvalue weighted by Crippen LogP contribution is 2.24. The van der Waals surface area contributed by atoms with Crippen molar-refractivity contribution in [3.63, 3.8) is 0 Å². The first-order valence-corrected chi connectivity index (χ1v) is 10.5. The molecule has 0 atom stereocenters. The van der Waals surface area contributed by atoms with Crippen LogP contribution in [0.15, 0.2) is 63.3 Å². The van der Waals surface area contributed by atoms with Gasteiger partial charge in [0, 0.05) is 16.6 Å². The lowest BCUT2D eigenvalue weighted by atomic mass is 10.1. The smallest absolute Gasteiger partial charge is 0.250 e. The molecule has 0 saturated carbocycles. The van der Waals surface area contributed by atoms with Gasteiger partial charge in [0.05, 0.1) is 12.0 Å². The summed E-state index contributed by atoms with van der Waals surface area (Å²) < 4.78 is 3.00. The summed E-state index contributed by atoms with van der Waals surface area (Å²) in [5.41, 5.74) is 5.65. The third-order valence-corrected chi connectivity index (χ3v) is 5.44. The van der Waals surface area contributed by atoms with Crippen LogP contribution in [0.3, 0.4) is 0 Å².